The molecule has 1 aromatic carbocycles. The van der Waals surface area contributed by atoms with Crippen LogP contribution in [-0.4, -0.2) is 38.3 Å². The van der Waals surface area contributed by atoms with Crippen LogP contribution in [0.15, 0.2) is 42.7 Å². The molecular formula is C20H23N5O. The van der Waals surface area contributed by atoms with Crippen LogP contribution in [0.25, 0.3) is 5.65 Å². The Hall–Kier alpha value is -2.47. The number of nitrogens with zero attached hydrogens (tertiary/aromatic N) is 5. The van der Waals surface area contributed by atoms with Crippen molar-refractivity contribution in [2.24, 2.45) is 0 Å². The molecule has 5 rings (SSSR count). The smallest absolute Gasteiger partial charge is 0.203 e. The van der Waals surface area contributed by atoms with Gasteiger partial charge in [0, 0.05) is 18.3 Å². The summed E-state index contributed by atoms with van der Waals surface area (Å²) in [7, 11) is 0. The van der Waals surface area contributed by atoms with Crippen molar-refractivity contribution in [1.29, 1.82) is 0 Å². The van der Waals surface area contributed by atoms with Gasteiger partial charge in [-0.3, -0.25) is 4.40 Å². The number of benzene rings is 1. The fraction of sp³-hybridized carbons (Fsp3) is 0.450. The van der Waals surface area contributed by atoms with Gasteiger partial charge in [-0.1, -0.05) is 30.3 Å². The highest BCUT2D eigenvalue weighted by atomic mass is 16.5. The van der Waals surface area contributed by atoms with Gasteiger partial charge in [0.2, 0.25) is 5.65 Å². The molecule has 3 heterocycles. The Labute approximate surface area is 152 Å². The maximum absolute atomic E-state index is 6.18. The molecule has 3 aromatic rings. The highest BCUT2D eigenvalue weighted by Crippen LogP contribution is 2.40. The monoisotopic (exact) mass is 349 g/mol. The van der Waals surface area contributed by atoms with Crippen molar-refractivity contribution >= 4 is 11.5 Å². The van der Waals surface area contributed by atoms with Crippen molar-refractivity contribution in [3.05, 3.63) is 54.1 Å². The maximum atomic E-state index is 6.18. The maximum Gasteiger partial charge on any atom is 0.203 e. The van der Waals surface area contributed by atoms with Crippen molar-refractivity contribution in [2.45, 2.75) is 44.2 Å². The zero-order valence-electron chi connectivity index (χ0n) is 15.2. The largest absolute Gasteiger partial charge is 0.369 e. The number of hydrogen-bond donors (Lipinski definition) is 0. The van der Waals surface area contributed by atoms with Gasteiger partial charge in [-0.15, -0.1) is 10.2 Å². The normalized spacial score (nSPS) is 22.7. The second kappa shape index (κ2) is 5.77. The third kappa shape index (κ3) is 2.56. The first kappa shape index (κ1) is 15.8. The first-order valence-corrected chi connectivity index (χ1v) is 9.27. The van der Waals surface area contributed by atoms with E-state index in [1.807, 2.05) is 18.5 Å². The SMILES string of the molecule is CC1(C)CO[C@H](c2ccccc2)CN1c1nccn2c(C3CC3)nnc12. The lowest BCUT2D eigenvalue weighted by Crippen LogP contribution is -2.54. The first-order chi connectivity index (χ1) is 12.6. The molecule has 1 saturated heterocycles. The van der Waals surface area contributed by atoms with Crippen LogP contribution in [0.5, 0.6) is 0 Å². The molecule has 0 radical (unpaired) electrons. The molecule has 2 aliphatic rings. The number of morpholine rings is 1. The molecule has 6 heteroatoms. The molecule has 2 aromatic heterocycles. The zero-order chi connectivity index (χ0) is 17.7. The lowest BCUT2D eigenvalue weighted by Gasteiger charge is -2.46. The Kier molecular flexibility index (Phi) is 3.50. The number of fused-ring (bicyclic) bond motifs is 1. The topological polar surface area (TPSA) is 55.5 Å². The molecule has 1 saturated carbocycles. The highest BCUT2D eigenvalue weighted by Gasteiger charge is 2.38. The summed E-state index contributed by atoms with van der Waals surface area (Å²) in [4.78, 5) is 7.02. The van der Waals surface area contributed by atoms with Crippen LogP contribution in [-0.2, 0) is 4.74 Å². The summed E-state index contributed by atoms with van der Waals surface area (Å²) < 4.78 is 8.30. The summed E-state index contributed by atoms with van der Waals surface area (Å²) >= 11 is 0. The van der Waals surface area contributed by atoms with Gasteiger partial charge in [-0.05, 0) is 32.3 Å². The molecule has 134 valence electrons. The van der Waals surface area contributed by atoms with Gasteiger partial charge < -0.3 is 9.64 Å². The molecule has 2 fully saturated rings. The van der Waals surface area contributed by atoms with Gasteiger partial charge >= 0.3 is 0 Å². The summed E-state index contributed by atoms with van der Waals surface area (Å²) in [5.74, 6) is 2.51. The average Bonchev–Trinajstić information content (AvgIpc) is 3.41. The van der Waals surface area contributed by atoms with E-state index in [1.54, 1.807) is 0 Å². The quantitative estimate of drug-likeness (QED) is 0.726. The summed E-state index contributed by atoms with van der Waals surface area (Å²) in [6.07, 6.45) is 6.28. The van der Waals surface area contributed by atoms with Gasteiger partial charge in [0.15, 0.2) is 5.82 Å². The summed E-state index contributed by atoms with van der Waals surface area (Å²) in [6, 6.07) is 10.4. The fourth-order valence-electron chi connectivity index (χ4n) is 3.73. The molecule has 0 spiro atoms. The minimum absolute atomic E-state index is 0.0251. The van der Waals surface area contributed by atoms with Crippen LogP contribution in [0.3, 0.4) is 0 Å². The predicted molar refractivity (Wildman–Crippen MR) is 99.3 cm³/mol. The fourth-order valence-corrected chi connectivity index (χ4v) is 3.73. The van der Waals surface area contributed by atoms with E-state index in [0.29, 0.717) is 12.5 Å². The van der Waals surface area contributed by atoms with Crippen LogP contribution < -0.4 is 4.90 Å². The van der Waals surface area contributed by atoms with E-state index in [4.69, 9.17) is 9.72 Å². The van der Waals surface area contributed by atoms with Crippen molar-refractivity contribution in [2.75, 3.05) is 18.1 Å². The van der Waals surface area contributed by atoms with E-state index in [9.17, 15) is 0 Å². The third-order valence-corrected chi connectivity index (χ3v) is 5.42. The zero-order valence-corrected chi connectivity index (χ0v) is 15.2. The van der Waals surface area contributed by atoms with Gasteiger partial charge in [-0.25, -0.2) is 4.98 Å². The van der Waals surface area contributed by atoms with Crippen LogP contribution in [0.4, 0.5) is 5.82 Å². The molecule has 0 bridgehead atoms. The van der Waals surface area contributed by atoms with Gasteiger partial charge in [0.05, 0.1) is 18.7 Å². The third-order valence-electron chi connectivity index (χ3n) is 5.42. The first-order valence-electron chi connectivity index (χ1n) is 9.27. The highest BCUT2D eigenvalue weighted by molar-refractivity contribution is 5.65. The Morgan fingerprint density at radius 1 is 1.12 bits per heavy atom. The van der Waals surface area contributed by atoms with Crippen molar-refractivity contribution in [3.63, 3.8) is 0 Å². The minimum atomic E-state index is -0.161. The molecule has 0 N–H and O–H groups in total. The van der Waals surface area contributed by atoms with E-state index in [-0.39, 0.29) is 11.6 Å². The van der Waals surface area contributed by atoms with E-state index in [2.05, 4.69) is 57.6 Å². The van der Waals surface area contributed by atoms with Crippen molar-refractivity contribution < 1.29 is 4.74 Å². The Morgan fingerprint density at radius 2 is 1.92 bits per heavy atom. The molecule has 6 nitrogen and oxygen atoms in total. The molecule has 1 atom stereocenters. The Bertz CT molecular complexity index is 932. The number of anilines is 1. The molecule has 1 aliphatic heterocycles. The van der Waals surface area contributed by atoms with Crippen LogP contribution >= 0.6 is 0 Å². The molecule has 26 heavy (non-hydrogen) atoms. The van der Waals surface area contributed by atoms with Gasteiger partial charge in [0.25, 0.3) is 0 Å². The van der Waals surface area contributed by atoms with Crippen LogP contribution in [0, 0.1) is 0 Å². The van der Waals surface area contributed by atoms with E-state index in [0.717, 1.165) is 23.8 Å². The lowest BCUT2D eigenvalue weighted by atomic mass is 9.98. The average molecular weight is 349 g/mol. The van der Waals surface area contributed by atoms with Crippen LogP contribution in [0.2, 0.25) is 0 Å². The second-order valence-corrected chi connectivity index (χ2v) is 7.91. The second-order valence-electron chi connectivity index (χ2n) is 7.91. The Balaban J connectivity index is 1.55. The standard InChI is InChI=1S/C20H23N5O/c1-20(2)13-26-16(14-6-4-3-5-7-14)12-25(20)18-19-23-22-17(15-8-9-15)24(19)11-10-21-18/h3-7,10-11,15-16H,8-9,12-13H2,1-2H3/t16-/m0/s1. The number of ether oxygens (including phenoxy) is 1. The van der Waals surface area contributed by atoms with Crippen LogP contribution in [0.1, 0.15) is 50.1 Å². The van der Waals surface area contributed by atoms with E-state index in [1.165, 1.54) is 18.4 Å². The van der Waals surface area contributed by atoms with Crippen molar-refractivity contribution in [3.8, 4) is 0 Å². The number of rotatable bonds is 3. The lowest BCUT2D eigenvalue weighted by molar-refractivity contribution is -0.00510. The molecule has 0 amide bonds. The van der Waals surface area contributed by atoms with Gasteiger partial charge in [0.1, 0.15) is 11.9 Å². The molecular weight excluding hydrogens is 326 g/mol. The predicted octanol–water partition coefficient (Wildman–Crippen LogP) is 3.36. The number of hydrogen-bond acceptors (Lipinski definition) is 5. The minimum Gasteiger partial charge on any atom is -0.369 e. The number of aromatic nitrogens is 4. The Morgan fingerprint density at radius 3 is 2.69 bits per heavy atom. The van der Waals surface area contributed by atoms with E-state index < -0.39 is 0 Å². The molecule has 1 aliphatic carbocycles. The summed E-state index contributed by atoms with van der Waals surface area (Å²) in [6.45, 7) is 5.77. The molecule has 0 unspecified atom stereocenters. The van der Waals surface area contributed by atoms with E-state index >= 15 is 0 Å². The summed E-state index contributed by atoms with van der Waals surface area (Å²) in [5, 5.41) is 8.94. The van der Waals surface area contributed by atoms with Crippen molar-refractivity contribution in [1.82, 2.24) is 19.6 Å². The summed E-state index contributed by atoms with van der Waals surface area (Å²) in [5.41, 5.74) is 1.88. The van der Waals surface area contributed by atoms with Gasteiger partial charge in [-0.2, -0.15) is 0 Å².